The Morgan fingerprint density at radius 1 is 1.05 bits per heavy atom. The van der Waals surface area contributed by atoms with Gasteiger partial charge in [0.15, 0.2) is 0 Å². The largest absolute Gasteiger partial charge is 0.492 e. The molecule has 0 aliphatic carbocycles. The minimum atomic E-state index is 0.743. The molecule has 116 valence electrons. The fourth-order valence-corrected chi connectivity index (χ4v) is 2.74. The molecule has 1 aliphatic rings. The van der Waals surface area contributed by atoms with E-state index in [-0.39, 0.29) is 0 Å². The van der Waals surface area contributed by atoms with Crippen LogP contribution in [0.2, 0.25) is 0 Å². The Hall–Kier alpha value is -2.07. The van der Waals surface area contributed by atoms with Gasteiger partial charge in [-0.25, -0.2) is 4.98 Å². The van der Waals surface area contributed by atoms with Crippen molar-refractivity contribution in [3.63, 3.8) is 0 Å². The summed E-state index contributed by atoms with van der Waals surface area (Å²) >= 11 is 0. The summed E-state index contributed by atoms with van der Waals surface area (Å²) in [5, 5.41) is 0. The third-order valence-corrected chi connectivity index (χ3v) is 4.01. The highest BCUT2D eigenvalue weighted by Crippen LogP contribution is 2.14. The van der Waals surface area contributed by atoms with Gasteiger partial charge >= 0.3 is 0 Å². The van der Waals surface area contributed by atoms with E-state index in [1.807, 2.05) is 30.5 Å². The topological polar surface area (TPSA) is 28.6 Å². The van der Waals surface area contributed by atoms with E-state index in [4.69, 9.17) is 4.74 Å². The van der Waals surface area contributed by atoms with Crippen LogP contribution in [-0.4, -0.2) is 49.2 Å². The number of hydrogen-bond donors (Lipinski definition) is 0. The van der Waals surface area contributed by atoms with Crippen molar-refractivity contribution in [2.24, 2.45) is 0 Å². The van der Waals surface area contributed by atoms with Crippen LogP contribution in [0, 0.1) is 6.92 Å². The van der Waals surface area contributed by atoms with Crippen LogP contribution in [0.5, 0.6) is 5.75 Å². The van der Waals surface area contributed by atoms with Gasteiger partial charge in [-0.05, 0) is 36.8 Å². The molecule has 22 heavy (non-hydrogen) atoms. The van der Waals surface area contributed by atoms with E-state index in [0.29, 0.717) is 0 Å². The number of aromatic nitrogens is 1. The molecule has 0 spiro atoms. The number of benzene rings is 1. The third kappa shape index (κ3) is 3.98. The molecule has 1 fully saturated rings. The number of nitrogens with zero attached hydrogens (tertiary/aromatic N) is 3. The smallest absolute Gasteiger partial charge is 0.128 e. The SMILES string of the molecule is Cc1cccc(OCCN2CCN(c3ccccn3)CC2)c1. The zero-order chi connectivity index (χ0) is 15.2. The van der Waals surface area contributed by atoms with Crippen LogP contribution < -0.4 is 9.64 Å². The molecule has 4 nitrogen and oxygen atoms in total. The number of rotatable bonds is 5. The lowest BCUT2D eigenvalue weighted by Gasteiger charge is -2.35. The summed E-state index contributed by atoms with van der Waals surface area (Å²) in [5.74, 6) is 2.05. The summed E-state index contributed by atoms with van der Waals surface area (Å²) in [6.07, 6.45) is 1.86. The average Bonchev–Trinajstić information content (AvgIpc) is 2.56. The van der Waals surface area contributed by atoms with Gasteiger partial charge in [0.1, 0.15) is 18.2 Å². The molecule has 0 saturated carbocycles. The maximum absolute atomic E-state index is 5.83. The van der Waals surface area contributed by atoms with Gasteiger partial charge in [0.2, 0.25) is 0 Å². The van der Waals surface area contributed by atoms with Crippen LogP contribution >= 0.6 is 0 Å². The Labute approximate surface area is 132 Å². The minimum absolute atomic E-state index is 0.743. The summed E-state index contributed by atoms with van der Waals surface area (Å²) < 4.78 is 5.83. The maximum Gasteiger partial charge on any atom is 0.128 e. The minimum Gasteiger partial charge on any atom is -0.492 e. The number of hydrogen-bond acceptors (Lipinski definition) is 4. The molecule has 3 rings (SSSR count). The monoisotopic (exact) mass is 297 g/mol. The van der Waals surface area contributed by atoms with Crippen LogP contribution in [-0.2, 0) is 0 Å². The molecule has 1 aliphatic heterocycles. The molecular formula is C18H23N3O. The highest BCUT2D eigenvalue weighted by atomic mass is 16.5. The molecular weight excluding hydrogens is 274 g/mol. The molecule has 2 heterocycles. The van der Waals surface area contributed by atoms with Gasteiger partial charge in [0.25, 0.3) is 0 Å². The molecule has 0 radical (unpaired) electrons. The Bertz CT molecular complexity index is 580. The second kappa shape index (κ2) is 7.27. The van der Waals surface area contributed by atoms with Gasteiger partial charge in [0.05, 0.1) is 0 Å². The predicted octanol–water partition coefficient (Wildman–Crippen LogP) is 2.59. The van der Waals surface area contributed by atoms with Gasteiger partial charge in [-0.3, -0.25) is 4.90 Å². The highest BCUT2D eigenvalue weighted by Gasteiger charge is 2.17. The molecule has 4 heteroatoms. The summed E-state index contributed by atoms with van der Waals surface area (Å²) in [5.41, 5.74) is 1.24. The van der Waals surface area contributed by atoms with Crippen molar-refractivity contribution in [3.05, 3.63) is 54.2 Å². The first-order valence-electron chi connectivity index (χ1n) is 7.89. The van der Waals surface area contributed by atoms with Crippen molar-refractivity contribution in [1.82, 2.24) is 9.88 Å². The molecule has 2 aromatic rings. The first-order valence-corrected chi connectivity index (χ1v) is 7.89. The number of aryl methyl sites for hydroxylation is 1. The van der Waals surface area contributed by atoms with Gasteiger partial charge < -0.3 is 9.64 Å². The Balaban J connectivity index is 1.41. The third-order valence-electron chi connectivity index (χ3n) is 4.01. The molecule has 0 atom stereocenters. The molecule has 1 aromatic heterocycles. The molecule has 0 amide bonds. The van der Waals surface area contributed by atoms with Crippen molar-refractivity contribution in [2.45, 2.75) is 6.92 Å². The van der Waals surface area contributed by atoms with E-state index in [0.717, 1.165) is 50.9 Å². The van der Waals surface area contributed by atoms with Crippen LogP contribution in [0.15, 0.2) is 48.7 Å². The van der Waals surface area contributed by atoms with Crippen LogP contribution in [0.25, 0.3) is 0 Å². The van der Waals surface area contributed by atoms with E-state index < -0.39 is 0 Å². The van der Waals surface area contributed by atoms with Crippen molar-refractivity contribution in [2.75, 3.05) is 44.2 Å². The summed E-state index contributed by atoms with van der Waals surface area (Å²) in [6.45, 7) is 7.99. The quantitative estimate of drug-likeness (QED) is 0.848. The molecule has 0 N–H and O–H groups in total. The first kappa shape index (κ1) is 14.9. The number of pyridine rings is 1. The number of piperazine rings is 1. The normalized spacial score (nSPS) is 15.8. The fraction of sp³-hybridized carbons (Fsp3) is 0.389. The van der Waals surface area contributed by atoms with Crippen LogP contribution in [0.4, 0.5) is 5.82 Å². The van der Waals surface area contributed by atoms with E-state index >= 15 is 0 Å². The lowest BCUT2D eigenvalue weighted by atomic mass is 10.2. The highest BCUT2D eigenvalue weighted by molar-refractivity contribution is 5.38. The fourth-order valence-electron chi connectivity index (χ4n) is 2.74. The van der Waals surface area contributed by atoms with Crippen molar-refractivity contribution >= 4 is 5.82 Å². The molecule has 0 bridgehead atoms. The maximum atomic E-state index is 5.83. The Morgan fingerprint density at radius 2 is 1.91 bits per heavy atom. The zero-order valence-electron chi connectivity index (χ0n) is 13.1. The zero-order valence-corrected chi connectivity index (χ0v) is 13.1. The number of ether oxygens (including phenoxy) is 1. The van der Waals surface area contributed by atoms with Crippen molar-refractivity contribution in [3.8, 4) is 5.75 Å². The van der Waals surface area contributed by atoms with Crippen LogP contribution in [0.1, 0.15) is 5.56 Å². The van der Waals surface area contributed by atoms with E-state index in [1.54, 1.807) is 0 Å². The van der Waals surface area contributed by atoms with Gasteiger partial charge in [-0.15, -0.1) is 0 Å². The number of anilines is 1. The van der Waals surface area contributed by atoms with Crippen LogP contribution in [0.3, 0.4) is 0 Å². The summed E-state index contributed by atoms with van der Waals surface area (Å²) in [4.78, 5) is 9.22. The summed E-state index contributed by atoms with van der Waals surface area (Å²) in [6, 6.07) is 14.3. The first-order chi connectivity index (χ1) is 10.8. The van der Waals surface area contributed by atoms with Gasteiger partial charge in [-0.2, -0.15) is 0 Å². The molecule has 0 unspecified atom stereocenters. The average molecular weight is 297 g/mol. The Kier molecular flexibility index (Phi) is 4.91. The second-order valence-corrected chi connectivity index (χ2v) is 5.68. The lowest BCUT2D eigenvalue weighted by Crippen LogP contribution is -2.47. The van der Waals surface area contributed by atoms with Crippen molar-refractivity contribution < 1.29 is 4.74 Å². The van der Waals surface area contributed by atoms with E-state index in [9.17, 15) is 0 Å². The van der Waals surface area contributed by atoms with Crippen molar-refractivity contribution in [1.29, 1.82) is 0 Å². The molecule has 1 aromatic carbocycles. The standard InChI is InChI=1S/C18H23N3O/c1-16-5-4-6-17(15-16)22-14-13-20-9-11-21(12-10-20)18-7-2-3-8-19-18/h2-8,15H,9-14H2,1H3. The van der Waals surface area contributed by atoms with Gasteiger partial charge in [0, 0.05) is 38.9 Å². The molecule has 1 saturated heterocycles. The summed E-state index contributed by atoms with van der Waals surface area (Å²) in [7, 11) is 0. The second-order valence-electron chi connectivity index (χ2n) is 5.68. The lowest BCUT2D eigenvalue weighted by molar-refractivity contribution is 0.200. The predicted molar refractivity (Wildman–Crippen MR) is 89.6 cm³/mol. The van der Waals surface area contributed by atoms with E-state index in [2.05, 4.69) is 39.9 Å². The van der Waals surface area contributed by atoms with Gasteiger partial charge in [-0.1, -0.05) is 18.2 Å². The Morgan fingerprint density at radius 3 is 2.64 bits per heavy atom. The van der Waals surface area contributed by atoms with E-state index in [1.165, 1.54) is 5.56 Å².